The van der Waals surface area contributed by atoms with Gasteiger partial charge < -0.3 is 20.5 Å². The van der Waals surface area contributed by atoms with Crippen LogP contribution in [0.4, 0.5) is 4.79 Å². The first-order valence-corrected chi connectivity index (χ1v) is 4.48. The fraction of sp³-hybridized carbons (Fsp3) is 0.875. The van der Waals surface area contributed by atoms with Crippen molar-refractivity contribution < 1.29 is 14.6 Å². The van der Waals surface area contributed by atoms with E-state index in [0.29, 0.717) is 13.1 Å². The second-order valence-electron chi connectivity index (χ2n) is 3.33. The van der Waals surface area contributed by atoms with Crippen molar-refractivity contribution in [3.8, 4) is 0 Å². The fourth-order valence-electron chi connectivity index (χ4n) is 1.53. The third-order valence-corrected chi connectivity index (χ3v) is 2.06. The minimum absolute atomic E-state index is 0.0372. The van der Waals surface area contributed by atoms with Crippen molar-refractivity contribution >= 4 is 6.09 Å². The number of piperidine rings is 1. The van der Waals surface area contributed by atoms with E-state index < -0.39 is 6.09 Å². The second-order valence-corrected chi connectivity index (χ2v) is 3.33. The number of nitrogens with two attached hydrogens (primary N) is 1. The molecule has 0 saturated carbocycles. The largest absolute Gasteiger partial charge is 0.465 e. The van der Waals surface area contributed by atoms with Crippen LogP contribution in [-0.4, -0.2) is 41.5 Å². The Bertz CT molecular complexity index is 184. The molecule has 0 spiro atoms. The van der Waals surface area contributed by atoms with Crippen molar-refractivity contribution in [2.45, 2.75) is 32.1 Å². The van der Waals surface area contributed by atoms with Crippen LogP contribution in [0, 0.1) is 0 Å². The first-order valence-electron chi connectivity index (χ1n) is 4.48. The van der Waals surface area contributed by atoms with E-state index in [4.69, 9.17) is 15.6 Å². The van der Waals surface area contributed by atoms with E-state index in [9.17, 15) is 4.79 Å². The zero-order valence-electron chi connectivity index (χ0n) is 7.77. The highest BCUT2D eigenvalue weighted by Crippen LogP contribution is 2.13. The van der Waals surface area contributed by atoms with E-state index in [1.165, 1.54) is 4.90 Å². The molecule has 1 aliphatic heterocycles. The standard InChI is InChI=1S/C8H16N2O3/c1-6(9)13-7-3-2-4-10(5-7)8(11)12/h6-7H,2-5,9H2,1H3,(H,11,12). The maximum Gasteiger partial charge on any atom is 0.407 e. The molecule has 5 heteroatoms. The molecule has 1 heterocycles. The van der Waals surface area contributed by atoms with Crippen molar-refractivity contribution in [3.63, 3.8) is 0 Å². The molecule has 2 atom stereocenters. The molecule has 5 nitrogen and oxygen atoms in total. The maximum absolute atomic E-state index is 10.6. The summed E-state index contributed by atoms with van der Waals surface area (Å²) in [6.07, 6.45) is 0.510. The molecule has 1 saturated heterocycles. The Labute approximate surface area is 77.5 Å². The summed E-state index contributed by atoms with van der Waals surface area (Å²) in [6.45, 7) is 2.80. The van der Waals surface area contributed by atoms with Crippen molar-refractivity contribution in [1.82, 2.24) is 4.90 Å². The average molecular weight is 188 g/mol. The Kier molecular flexibility index (Phi) is 3.50. The number of carbonyl (C=O) groups is 1. The van der Waals surface area contributed by atoms with Gasteiger partial charge in [-0.25, -0.2) is 4.79 Å². The first kappa shape index (κ1) is 10.3. The molecular weight excluding hydrogens is 172 g/mol. The summed E-state index contributed by atoms with van der Waals surface area (Å²) < 4.78 is 5.34. The molecule has 2 unspecified atom stereocenters. The SMILES string of the molecule is CC(N)OC1CCCN(C(=O)O)C1. The van der Waals surface area contributed by atoms with Gasteiger partial charge in [-0.15, -0.1) is 0 Å². The summed E-state index contributed by atoms with van der Waals surface area (Å²) >= 11 is 0. The van der Waals surface area contributed by atoms with Gasteiger partial charge in [-0.3, -0.25) is 0 Å². The van der Waals surface area contributed by atoms with Gasteiger partial charge in [0.1, 0.15) is 6.23 Å². The quantitative estimate of drug-likeness (QED) is 0.617. The van der Waals surface area contributed by atoms with Gasteiger partial charge in [0.2, 0.25) is 0 Å². The predicted octanol–water partition coefficient (Wildman–Crippen LogP) is 0.450. The summed E-state index contributed by atoms with van der Waals surface area (Å²) in [5, 5.41) is 8.73. The van der Waals surface area contributed by atoms with Gasteiger partial charge in [0, 0.05) is 6.54 Å². The van der Waals surface area contributed by atoms with Crippen LogP contribution < -0.4 is 5.73 Å². The van der Waals surface area contributed by atoms with Crippen LogP contribution in [0.1, 0.15) is 19.8 Å². The van der Waals surface area contributed by atoms with Gasteiger partial charge in [-0.05, 0) is 19.8 Å². The summed E-state index contributed by atoms with van der Waals surface area (Å²) in [4.78, 5) is 12.0. The lowest BCUT2D eigenvalue weighted by Gasteiger charge is -2.31. The number of ether oxygens (including phenoxy) is 1. The van der Waals surface area contributed by atoms with E-state index in [1.807, 2.05) is 0 Å². The molecule has 1 rings (SSSR count). The molecular formula is C8H16N2O3. The molecule has 0 bridgehead atoms. The van der Waals surface area contributed by atoms with Crippen LogP contribution in [0.5, 0.6) is 0 Å². The minimum atomic E-state index is -0.877. The summed E-state index contributed by atoms with van der Waals surface area (Å²) in [5.74, 6) is 0. The molecule has 1 fully saturated rings. The summed E-state index contributed by atoms with van der Waals surface area (Å²) in [6, 6.07) is 0. The number of rotatable bonds is 2. The lowest BCUT2D eigenvalue weighted by atomic mass is 10.1. The summed E-state index contributed by atoms with van der Waals surface area (Å²) in [7, 11) is 0. The van der Waals surface area contributed by atoms with Crippen LogP contribution >= 0.6 is 0 Å². The van der Waals surface area contributed by atoms with Gasteiger partial charge in [-0.2, -0.15) is 0 Å². The van der Waals surface area contributed by atoms with E-state index in [1.54, 1.807) is 6.92 Å². The van der Waals surface area contributed by atoms with Crippen LogP contribution in [-0.2, 0) is 4.74 Å². The average Bonchev–Trinajstić information content (AvgIpc) is 2.03. The van der Waals surface area contributed by atoms with Crippen LogP contribution in [0.3, 0.4) is 0 Å². The number of nitrogens with zero attached hydrogens (tertiary/aromatic N) is 1. The number of hydrogen-bond donors (Lipinski definition) is 2. The van der Waals surface area contributed by atoms with E-state index >= 15 is 0 Å². The topological polar surface area (TPSA) is 75.8 Å². The van der Waals surface area contributed by atoms with Crippen LogP contribution in [0.25, 0.3) is 0 Å². The predicted molar refractivity (Wildman–Crippen MR) is 47.4 cm³/mol. The Morgan fingerprint density at radius 2 is 2.46 bits per heavy atom. The van der Waals surface area contributed by atoms with E-state index in [-0.39, 0.29) is 12.3 Å². The van der Waals surface area contributed by atoms with Crippen LogP contribution in [0.15, 0.2) is 0 Å². The Balaban J connectivity index is 2.37. The van der Waals surface area contributed by atoms with Crippen LogP contribution in [0.2, 0.25) is 0 Å². The van der Waals surface area contributed by atoms with Crippen molar-refractivity contribution in [3.05, 3.63) is 0 Å². The molecule has 0 aromatic heterocycles. The number of amides is 1. The Morgan fingerprint density at radius 1 is 1.77 bits per heavy atom. The van der Waals surface area contributed by atoms with Gasteiger partial charge in [-0.1, -0.05) is 0 Å². The highest BCUT2D eigenvalue weighted by Gasteiger charge is 2.24. The Morgan fingerprint density at radius 3 is 3.00 bits per heavy atom. The first-order chi connectivity index (χ1) is 6.09. The molecule has 1 amide bonds. The summed E-state index contributed by atoms with van der Waals surface area (Å²) in [5.41, 5.74) is 5.46. The monoisotopic (exact) mass is 188 g/mol. The third kappa shape index (κ3) is 3.20. The number of hydrogen-bond acceptors (Lipinski definition) is 3. The maximum atomic E-state index is 10.6. The molecule has 1 aliphatic rings. The molecule has 0 aromatic rings. The van der Waals surface area contributed by atoms with Gasteiger partial charge in [0.15, 0.2) is 0 Å². The molecule has 3 N–H and O–H groups in total. The van der Waals surface area contributed by atoms with Gasteiger partial charge in [0.05, 0.1) is 12.6 Å². The number of likely N-dealkylation sites (tertiary alicyclic amines) is 1. The molecule has 0 aliphatic carbocycles. The third-order valence-electron chi connectivity index (χ3n) is 2.06. The Hall–Kier alpha value is -0.810. The highest BCUT2D eigenvalue weighted by molar-refractivity contribution is 5.65. The zero-order chi connectivity index (χ0) is 9.84. The molecule has 0 radical (unpaired) electrons. The number of carboxylic acid groups (broad SMARTS) is 1. The molecule has 13 heavy (non-hydrogen) atoms. The van der Waals surface area contributed by atoms with Gasteiger partial charge >= 0.3 is 6.09 Å². The lowest BCUT2D eigenvalue weighted by Crippen LogP contribution is -2.44. The fourth-order valence-corrected chi connectivity index (χ4v) is 1.53. The van der Waals surface area contributed by atoms with Crippen molar-refractivity contribution in [2.75, 3.05) is 13.1 Å². The normalized spacial score (nSPS) is 25.7. The lowest BCUT2D eigenvalue weighted by molar-refractivity contribution is -0.0338. The second kappa shape index (κ2) is 4.43. The smallest absolute Gasteiger partial charge is 0.407 e. The van der Waals surface area contributed by atoms with Crippen molar-refractivity contribution in [2.24, 2.45) is 5.73 Å². The molecule has 0 aromatic carbocycles. The minimum Gasteiger partial charge on any atom is -0.465 e. The van der Waals surface area contributed by atoms with Gasteiger partial charge in [0.25, 0.3) is 0 Å². The van der Waals surface area contributed by atoms with Crippen molar-refractivity contribution in [1.29, 1.82) is 0 Å². The molecule has 76 valence electrons. The van der Waals surface area contributed by atoms with E-state index in [2.05, 4.69) is 0 Å². The highest BCUT2D eigenvalue weighted by atomic mass is 16.5. The van der Waals surface area contributed by atoms with E-state index in [0.717, 1.165) is 12.8 Å². The zero-order valence-corrected chi connectivity index (χ0v) is 7.77.